The second kappa shape index (κ2) is 4.68. The summed E-state index contributed by atoms with van der Waals surface area (Å²) in [6, 6.07) is 0. The average Bonchev–Trinajstić information content (AvgIpc) is 1.63. The third kappa shape index (κ3) is 5.69. The Morgan fingerprint density at radius 1 is 1.56 bits per heavy atom. The first kappa shape index (κ1) is 8.82. The van der Waals surface area contributed by atoms with Crippen LogP contribution in [-0.2, 0) is 15.6 Å². The Hall–Kier alpha value is -0.180. The number of carbonyl (C=O) groups excluding carboxylic acids is 1. The quantitative estimate of drug-likeness (QED) is 0.589. The van der Waals surface area contributed by atoms with Crippen molar-refractivity contribution in [2.24, 2.45) is 0 Å². The zero-order valence-electron chi connectivity index (χ0n) is 5.85. The minimum Gasteiger partial charge on any atom is -0.299 e. The summed E-state index contributed by atoms with van der Waals surface area (Å²) < 4.78 is 10.4. The Morgan fingerprint density at radius 3 is 2.44 bits per heavy atom. The molecule has 1 atom stereocenters. The molecule has 2 nitrogen and oxygen atoms in total. The van der Waals surface area contributed by atoms with Crippen LogP contribution in [0.3, 0.4) is 0 Å². The smallest absolute Gasteiger partial charge is 0.145 e. The van der Waals surface area contributed by atoms with Crippen LogP contribution in [0.2, 0.25) is 0 Å². The number of rotatable bonds is 4. The summed E-state index contributed by atoms with van der Waals surface area (Å²) in [4.78, 5) is 10.7. The molecule has 0 spiro atoms. The van der Waals surface area contributed by atoms with E-state index in [0.29, 0.717) is 6.42 Å². The van der Waals surface area contributed by atoms with Gasteiger partial charge in [-0.15, -0.1) is 0 Å². The molecule has 0 fully saturated rings. The summed E-state index contributed by atoms with van der Waals surface area (Å²) in [5.41, 5.74) is 0. The summed E-state index contributed by atoms with van der Waals surface area (Å²) >= 11 is 0. The second-order valence-corrected chi connectivity index (χ2v) is 3.44. The number of hydrogen-bond acceptors (Lipinski definition) is 2. The lowest BCUT2D eigenvalue weighted by Gasteiger charge is -1.92. The summed E-state index contributed by atoms with van der Waals surface area (Å²) in [7, 11) is -0.947. The Morgan fingerprint density at radius 2 is 2.11 bits per heavy atom. The average molecular weight is 148 g/mol. The lowest BCUT2D eigenvalue weighted by Crippen LogP contribution is -2.07. The molecule has 3 heteroatoms. The molecule has 0 aliphatic rings. The molecule has 0 N–H and O–H groups in total. The Bertz CT molecular complexity index is 120. The van der Waals surface area contributed by atoms with E-state index in [1.807, 2.05) is 6.92 Å². The highest BCUT2D eigenvalue weighted by Gasteiger charge is 2.00. The molecular formula is C6H12O2S. The van der Waals surface area contributed by atoms with Gasteiger partial charge in [0, 0.05) is 23.5 Å². The zero-order chi connectivity index (χ0) is 7.28. The minimum absolute atomic E-state index is 0.110. The van der Waals surface area contributed by atoms with Gasteiger partial charge in [0.2, 0.25) is 0 Å². The third-order valence-electron chi connectivity index (χ3n) is 0.893. The summed E-state index contributed by atoms with van der Waals surface area (Å²) in [5, 5.41) is 0. The van der Waals surface area contributed by atoms with Crippen LogP contribution in [0.15, 0.2) is 0 Å². The van der Waals surface area contributed by atoms with Gasteiger partial charge in [0.05, 0.1) is 5.75 Å². The van der Waals surface area contributed by atoms with E-state index in [1.54, 1.807) is 6.26 Å². The fourth-order valence-corrected chi connectivity index (χ4v) is 1.18. The van der Waals surface area contributed by atoms with Gasteiger partial charge in [0.1, 0.15) is 5.78 Å². The van der Waals surface area contributed by atoms with E-state index in [9.17, 15) is 9.00 Å². The molecule has 0 aromatic carbocycles. The zero-order valence-corrected chi connectivity index (χ0v) is 6.66. The molecule has 0 saturated heterocycles. The monoisotopic (exact) mass is 148 g/mol. The van der Waals surface area contributed by atoms with Gasteiger partial charge in [-0.2, -0.15) is 0 Å². The first-order chi connectivity index (χ1) is 4.16. The van der Waals surface area contributed by atoms with Crippen LogP contribution >= 0.6 is 0 Å². The van der Waals surface area contributed by atoms with Gasteiger partial charge >= 0.3 is 0 Å². The standard InChI is InChI=1S/C6H12O2S/c1-3-4-6(7)5-9(2)8/h3-5H2,1-2H3. The van der Waals surface area contributed by atoms with Crippen molar-refractivity contribution in [2.45, 2.75) is 19.8 Å². The Balaban J connectivity index is 3.39. The maximum absolute atomic E-state index is 10.7. The summed E-state index contributed by atoms with van der Waals surface area (Å²) in [6.07, 6.45) is 2.98. The first-order valence-electron chi connectivity index (χ1n) is 2.98. The van der Waals surface area contributed by atoms with Gasteiger partial charge < -0.3 is 0 Å². The predicted molar refractivity (Wildman–Crippen MR) is 38.8 cm³/mol. The van der Waals surface area contributed by atoms with Gasteiger partial charge in [-0.05, 0) is 6.42 Å². The van der Waals surface area contributed by atoms with Gasteiger partial charge in [-0.1, -0.05) is 6.92 Å². The van der Waals surface area contributed by atoms with E-state index in [4.69, 9.17) is 0 Å². The highest BCUT2D eigenvalue weighted by atomic mass is 32.2. The maximum atomic E-state index is 10.7. The molecule has 9 heavy (non-hydrogen) atoms. The highest BCUT2D eigenvalue weighted by molar-refractivity contribution is 7.85. The van der Waals surface area contributed by atoms with Gasteiger partial charge in [0.25, 0.3) is 0 Å². The Kier molecular flexibility index (Phi) is 4.58. The van der Waals surface area contributed by atoms with E-state index >= 15 is 0 Å². The van der Waals surface area contributed by atoms with Crippen LogP contribution in [0.5, 0.6) is 0 Å². The molecule has 0 rings (SSSR count). The first-order valence-corrected chi connectivity index (χ1v) is 4.71. The van der Waals surface area contributed by atoms with E-state index < -0.39 is 10.8 Å². The van der Waals surface area contributed by atoms with Crippen LogP contribution < -0.4 is 0 Å². The fraction of sp³-hybridized carbons (Fsp3) is 0.833. The van der Waals surface area contributed by atoms with Gasteiger partial charge in [0.15, 0.2) is 0 Å². The van der Waals surface area contributed by atoms with E-state index in [0.717, 1.165) is 6.42 Å². The van der Waals surface area contributed by atoms with Gasteiger partial charge in [-0.3, -0.25) is 9.00 Å². The summed E-state index contributed by atoms with van der Waals surface area (Å²) in [6.45, 7) is 1.94. The third-order valence-corrected chi connectivity index (χ3v) is 1.62. The number of hydrogen-bond donors (Lipinski definition) is 0. The van der Waals surface area contributed by atoms with Crippen molar-refractivity contribution >= 4 is 16.6 Å². The lowest BCUT2D eigenvalue weighted by molar-refractivity contribution is -0.116. The molecule has 0 aromatic rings. The van der Waals surface area contributed by atoms with E-state index in [1.165, 1.54) is 0 Å². The van der Waals surface area contributed by atoms with Crippen LogP contribution in [0.25, 0.3) is 0 Å². The van der Waals surface area contributed by atoms with Crippen molar-refractivity contribution < 1.29 is 9.00 Å². The SMILES string of the molecule is CCCC(=O)CS(C)=O. The van der Waals surface area contributed by atoms with Crippen molar-refractivity contribution in [3.05, 3.63) is 0 Å². The van der Waals surface area contributed by atoms with E-state index in [2.05, 4.69) is 0 Å². The van der Waals surface area contributed by atoms with Crippen molar-refractivity contribution in [1.29, 1.82) is 0 Å². The van der Waals surface area contributed by atoms with Crippen molar-refractivity contribution in [3.8, 4) is 0 Å². The number of ketones is 1. The number of Topliss-reactive ketones (excluding diaryl/α,β-unsaturated/α-hetero) is 1. The van der Waals surface area contributed by atoms with Gasteiger partial charge in [-0.25, -0.2) is 0 Å². The molecule has 0 aliphatic heterocycles. The maximum Gasteiger partial charge on any atom is 0.145 e. The molecule has 1 unspecified atom stereocenters. The van der Waals surface area contributed by atoms with E-state index in [-0.39, 0.29) is 11.5 Å². The molecule has 0 heterocycles. The van der Waals surface area contributed by atoms with Crippen molar-refractivity contribution in [3.63, 3.8) is 0 Å². The van der Waals surface area contributed by atoms with Crippen molar-refractivity contribution in [2.75, 3.05) is 12.0 Å². The second-order valence-electron chi connectivity index (χ2n) is 2.01. The lowest BCUT2D eigenvalue weighted by atomic mass is 10.3. The van der Waals surface area contributed by atoms with Crippen LogP contribution in [-0.4, -0.2) is 22.0 Å². The molecule has 0 aliphatic carbocycles. The normalized spacial score (nSPS) is 13.1. The molecular weight excluding hydrogens is 136 g/mol. The predicted octanol–water partition coefficient (Wildman–Crippen LogP) is 0.734. The molecule has 0 amide bonds. The Labute approximate surface area is 58.1 Å². The van der Waals surface area contributed by atoms with Crippen molar-refractivity contribution in [1.82, 2.24) is 0 Å². The molecule has 0 bridgehead atoms. The molecule has 54 valence electrons. The van der Waals surface area contributed by atoms with Crippen LogP contribution in [0.1, 0.15) is 19.8 Å². The van der Waals surface area contributed by atoms with Crippen LogP contribution in [0.4, 0.5) is 0 Å². The highest BCUT2D eigenvalue weighted by Crippen LogP contribution is 1.89. The minimum atomic E-state index is -0.947. The largest absolute Gasteiger partial charge is 0.299 e. The molecule has 0 saturated carbocycles. The topological polar surface area (TPSA) is 34.1 Å². The summed E-state index contributed by atoms with van der Waals surface area (Å²) in [5.74, 6) is 0.340. The number of carbonyl (C=O) groups is 1. The van der Waals surface area contributed by atoms with Crippen LogP contribution in [0, 0.1) is 0 Å². The molecule has 0 aromatic heterocycles. The molecule has 0 radical (unpaired) electrons. The fourth-order valence-electron chi connectivity index (χ4n) is 0.578.